The molecule has 1 fully saturated rings. The molecule has 1 aliphatic rings. The number of hydrazone groups is 1. The minimum atomic E-state index is -0.240. The summed E-state index contributed by atoms with van der Waals surface area (Å²) >= 11 is 0. The van der Waals surface area contributed by atoms with Gasteiger partial charge in [0, 0.05) is 5.71 Å². The molecule has 1 N–H and O–H groups in total. The number of carbonyl (C=O) groups excluding carboxylic acids is 1. The summed E-state index contributed by atoms with van der Waals surface area (Å²) in [6.45, 7) is 2.11. The Labute approximate surface area is 125 Å². The van der Waals surface area contributed by atoms with Crippen LogP contribution in [0.25, 0.3) is 0 Å². The zero-order chi connectivity index (χ0) is 15.1. The van der Waals surface area contributed by atoms with E-state index >= 15 is 0 Å². The molecule has 5 nitrogen and oxygen atoms in total. The molecule has 114 valence electrons. The number of hydrogen-bond acceptors (Lipinski definition) is 4. The van der Waals surface area contributed by atoms with Crippen LogP contribution in [0, 0.1) is 5.92 Å². The lowest BCUT2D eigenvalue weighted by atomic mass is 9.89. The van der Waals surface area contributed by atoms with Crippen LogP contribution >= 0.6 is 0 Å². The molecular formula is C16H22N2O3. The van der Waals surface area contributed by atoms with E-state index in [2.05, 4.69) is 17.5 Å². The third-order valence-electron chi connectivity index (χ3n) is 3.64. The first-order valence-electron chi connectivity index (χ1n) is 7.31. The van der Waals surface area contributed by atoms with E-state index in [0.717, 1.165) is 30.7 Å². The van der Waals surface area contributed by atoms with Gasteiger partial charge in [-0.25, -0.2) is 5.43 Å². The van der Waals surface area contributed by atoms with Gasteiger partial charge in [-0.2, -0.15) is 5.10 Å². The van der Waals surface area contributed by atoms with Crippen LogP contribution in [0.4, 0.5) is 0 Å². The quantitative estimate of drug-likeness (QED) is 0.848. The van der Waals surface area contributed by atoms with Gasteiger partial charge in [-0.15, -0.1) is 0 Å². The predicted molar refractivity (Wildman–Crippen MR) is 81.7 cm³/mol. The maximum absolute atomic E-state index is 11.7. The molecule has 0 aromatic heterocycles. The number of carbonyl (C=O) groups is 1. The lowest BCUT2D eigenvalue weighted by molar-refractivity contribution is -0.123. The molecule has 1 atom stereocenters. The number of rotatable bonds is 5. The van der Waals surface area contributed by atoms with E-state index in [0.29, 0.717) is 11.7 Å². The van der Waals surface area contributed by atoms with Gasteiger partial charge in [0.1, 0.15) is 11.5 Å². The Hall–Kier alpha value is -2.04. The molecule has 1 aromatic rings. The molecule has 1 aromatic carbocycles. The summed E-state index contributed by atoms with van der Waals surface area (Å²) in [5.74, 6) is 1.60. The number of ether oxygens (including phenoxy) is 2. The molecule has 1 amide bonds. The SMILES string of the molecule is COc1ccc(OCC(=O)N/N=C2/CCCC[C@@H]2C)cc1. The smallest absolute Gasteiger partial charge is 0.277 e. The van der Waals surface area contributed by atoms with Gasteiger partial charge >= 0.3 is 0 Å². The van der Waals surface area contributed by atoms with E-state index in [-0.39, 0.29) is 12.5 Å². The minimum Gasteiger partial charge on any atom is -0.497 e. The highest BCUT2D eigenvalue weighted by Gasteiger charge is 2.16. The Morgan fingerprint density at radius 1 is 1.29 bits per heavy atom. The minimum absolute atomic E-state index is 0.0442. The lowest BCUT2D eigenvalue weighted by Crippen LogP contribution is -2.28. The fraction of sp³-hybridized carbons (Fsp3) is 0.500. The second-order valence-electron chi connectivity index (χ2n) is 5.25. The van der Waals surface area contributed by atoms with Crippen LogP contribution in [0.5, 0.6) is 11.5 Å². The Balaban J connectivity index is 1.77. The van der Waals surface area contributed by atoms with E-state index in [1.807, 2.05) is 0 Å². The van der Waals surface area contributed by atoms with E-state index < -0.39 is 0 Å². The van der Waals surface area contributed by atoms with Crippen molar-refractivity contribution in [1.29, 1.82) is 0 Å². The third kappa shape index (κ3) is 4.77. The van der Waals surface area contributed by atoms with Gasteiger partial charge in [0.25, 0.3) is 5.91 Å². The largest absolute Gasteiger partial charge is 0.497 e. The van der Waals surface area contributed by atoms with Crippen molar-refractivity contribution < 1.29 is 14.3 Å². The summed E-state index contributed by atoms with van der Waals surface area (Å²) in [6.07, 6.45) is 4.52. The molecule has 0 spiro atoms. The van der Waals surface area contributed by atoms with Gasteiger partial charge in [-0.3, -0.25) is 4.79 Å². The average molecular weight is 290 g/mol. The number of amides is 1. The number of nitrogens with zero attached hydrogens (tertiary/aromatic N) is 1. The molecule has 5 heteroatoms. The maximum atomic E-state index is 11.7. The highest BCUT2D eigenvalue weighted by molar-refractivity contribution is 5.88. The fourth-order valence-electron chi connectivity index (χ4n) is 2.32. The van der Waals surface area contributed by atoms with Gasteiger partial charge in [0.2, 0.25) is 0 Å². The summed E-state index contributed by atoms with van der Waals surface area (Å²) in [5, 5.41) is 4.22. The van der Waals surface area contributed by atoms with Crippen LogP contribution < -0.4 is 14.9 Å². The summed E-state index contributed by atoms with van der Waals surface area (Å²) in [7, 11) is 1.61. The molecule has 0 bridgehead atoms. The number of hydrogen-bond donors (Lipinski definition) is 1. The normalized spacial score (nSPS) is 20.1. The van der Waals surface area contributed by atoms with Crippen molar-refractivity contribution in [2.45, 2.75) is 32.6 Å². The first kappa shape index (κ1) is 15.4. The zero-order valence-corrected chi connectivity index (χ0v) is 12.6. The molecule has 0 saturated heterocycles. The molecule has 21 heavy (non-hydrogen) atoms. The summed E-state index contributed by atoms with van der Waals surface area (Å²) in [6, 6.07) is 7.11. The van der Waals surface area contributed by atoms with Gasteiger partial charge < -0.3 is 9.47 Å². The van der Waals surface area contributed by atoms with E-state index in [4.69, 9.17) is 9.47 Å². The molecule has 0 radical (unpaired) electrons. The van der Waals surface area contributed by atoms with Gasteiger partial charge in [0.05, 0.1) is 7.11 Å². The highest BCUT2D eigenvalue weighted by Crippen LogP contribution is 2.20. The van der Waals surface area contributed by atoms with Gasteiger partial charge in [-0.1, -0.05) is 13.3 Å². The van der Waals surface area contributed by atoms with Crippen molar-refractivity contribution in [1.82, 2.24) is 5.43 Å². The van der Waals surface area contributed by atoms with Crippen LogP contribution in [0.3, 0.4) is 0 Å². The maximum Gasteiger partial charge on any atom is 0.277 e. The molecular weight excluding hydrogens is 268 g/mol. The van der Waals surface area contributed by atoms with E-state index in [1.54, 1.807) is 31.4 Å². The molecule has 0 unspecified atom stereocenters. The van der Waals surface area contributed by atoms with Crippen molar-refractivity contribution >= 4 is 11.6 Å². The second-order valence-corrected chi connectivity index (χ2v) is 5.25. The first-order valence-corrected chi connectivity index (χ1v) is 7.31. The Morgan fingerprint density at radius 2 is 2.00 bits per heavy atom. The van der Waals surface area contributed by atoms with Crippen molar-refractivity contribution in [3.8, 4) is 11.5 Å². The van der Waals surface area contributed by atoms with E-state index in [9.17, 15) is 4.79 Å². The van der Waals surface area contributed by atoms with Crippen molar-refractivity contribution in [2.75, 3.05) is 13.7 Å². The summed E-state index contributed by atoms with van der Waals surface area (Å²) in [5.41, 5.74) is 3.66. The van der Waals surface area contributed by atoms with Gasteiger partial charge in [-0.05, 0) is 49.4 Å². The Morgan fingerprint density at radius 3 is 2.67 bits per heavy atom. The fourth-order valence-corrected chi connectivity index (χ4v) is 2.32. The molecule has 1 saturated carbocycles. The van der Waals surface area contributed by atoms with Crippen molar-refractivity contribution in [3.63, 3.8) is 0 Å². The second kappa shape index (κ2) is 7.67. The zero-order valence-electron chi connectivity index (χ0n) is 12.6. The third-order valence-corrected chi connectivity index (χ3v) is 3.64. The van der Waals surface area contributed by atoms with Crippen molar-refractivity contribution in [3.05, 3.63) is 24.3 Å². The lowest BCUT2D eigenvalue weighted by Gasteiger charge is -2.19. The van der Waals surface area contributed by atoms with Crippen LogP contribution in [-0.4, -0.2) is 25.3 Å². The number of nitrogens with one attached hydrogen (secondary N) is 1. The number of methoxy groups -OCH3 is 1. The number of benzene rings is 1. The van der Waals surface area contributed by atoms with Crippen LogP contribution in [0.2, 0.25) is 0 Å². The van der Waals surface area contributed by atoms with Crippen LogP contribution in [0.15, 0.2) is 29.4 Å². The van der Waals surface area contributed by atoms with Crippen LogP contribution in [0.1, 0.15) is 32.6 Å². The van der Waals surface area contributed by atoms with Crippen LogP contribution in [-0.2, 0) is 4.79 Å². The first-order chi connectivity index (χ1) is 10.2. The Bertz CT molecular complexity index is 497. The Kier molecular flexibility index (Phi) is 5.60. The predicted octanol–water partition coefficient (Wildman–Crippen LogP) is 2.76. The molecule has 0 aliphatic heterocycles. The molecule has 2 rings (SSSR count). The average Bonchev–Trinajstić information content (AvgIpc) is 2.52. The van der Waals surface area contributed by atoms with Crippen molar-refractivity contribution in [2.24, 2.45) is 11.0 Å². The molecule has 1 aliphatic carbocycles. The standard InChI is InChI=1S/C16H22N2O3/c1-12-5-3-4-6-15(12)17-18-16(19)11-21-14-9-7-13(20-2)8-10-14/h7-10,12H,3-6,11H2,1-2H3,(H,18,19)/b17-15-/t12-/m0/s1. The van der Waals surface area contributed by atoms with Gasteiger partial charge in [0.15, 0.2) is 6.61 Å². The topological polar surface area (TPSA) is 59.9 Å². The molecule has 0 heterocycles. The monoisotopic (exact) mass is 290 g/mol. The summed E-state index contributed by atoms with van der Waals surface area (Å²) in [4.78, 5) is 11.7. The highest BCUT2D eigenvalue weighted by atomic mass is 16.5. The summed E-state index contributed by atoms with van der Waals surface area (Å²) < 4.78 is 10.5. The van der Waals surface area contributed by atoms with E-state index in [1.165, 1.54) is 6.42 Å².